The van der Waals surface area contributed by atoms with Crippen molar-refractivity contribution in [2.75, 3.05) is 13.1 Å². The molecule has 1 fully saturated rings. The first-order valence-electron chi connectivity index (χ1n) is 7.98. The Balaban J connectivity index is 1.53. The summed E-state index contributed by atoms with van der Waals surface area (Å²) in [5.41, 5.74) is 1.12. The van der Waals surface area contributed by atoms with E-state index in [0.29, 0.717) is 26.1 Å². The first-order valence-corrected chi connectivity index (χ1v) is 7.98. The second kappa shape index (κ2) is 7.25. The summed E-state index contributed by atoms with van der Waals surface area (Å²) in [6, 6.07) is 15.7. The Kier molecular flexibility index (Phi) is 4.89. The van der Waals surface area contributed by atoms with E-state index in [1.807, 2.05) is 30.3 Å². The van der Waals surface area contributed by atoms with E-state index in [1.165, 1.54) is 12.1 Å². The van der Waals surface area contributed by atoms with Crippen LogP contribution in [0.5, 0.6) is 0 Å². The molecular formula is C19H19FN2O2. The van der Waals surface area contributed by atoms with E-state index in [2.05, 4.69) is 5.32 Å². The van der Waals surface area contributed by atoms with E-state index < -0.39 is 11.7 Å². The van der Waals surface area contributed by atoms with Crippen molar-refractivity contribution in [3.63, 3.8) is 0 Å². The van der Waals surface area contributed by atoms with Crippen molar-refractivity contribution >= 4 is 11.8 Å². The molecule has 1 heterocycles. The first-order chi connectivity index (χ1) is 11.6. The molecule has 1 aliphatic rings. The molecule has 5 heteroatoms. The molecule has 1 aliphatic heterocycles. The molecule has 0 aromatic heterocycles. The molecule has 4 nitrogen and oxygen atoms in total. The largest absolute Gasteiger partial charge is 0.352 e. The van der Waals surface area contributed by atoms with Crippen molar-refractivity contribution in [2.24, 2.45) is 5.92 Å². The van der Waals surface area contributed by atoms with Gasteiger partial charge >= 0.3 is 0 Å². The number of benzene rings is 2. The Morgan fingerprint density at radius 1 is 1.12 bits per heavy atom. The van der Waals surface area contributed by atoms with Crippen molar-refractivity contribution in [2.45, 2.75) is 13.0 Å². The van der Waals surface area contributed by atoms with Gasteiger partial charge in [0.2, 0.25) is 5.91 Å². The van der Waals surface area contributed by atoms with Crippen molar-refractivity contribution in [1.29, 1.82) is 0 Å². The van der Waals surface area contributed by atoms with Crippen molar-refractivity contribution in [3.8, 4) is 0 Å². The van der Waals surface area contributed by atoms with Crippen LogP contribution in [0.15, 0.2) is 54.6 Å². The average Bonchev–Trinajstić information content (AvgIpc) is 2.94. The predicted molar refractivity (Wildman–Crippen MR) is 88.7 cm³/mol. The van der Waals surface area contributed by atoms with E-state index in [0.717, 1.165) is 5.56 Å². The molecule has 3 rings (SSSR count). The highest BCUT2D eigenvalue weighted by molar-refractivity contribution is 5.94. The van der Waals surface area contributed by atoms with Gasteiger partial charge in [0.1, 0.15) is 5.82 Å². The van der Waals surface area contributed by atoms with Gasteiger partial charge < -0.3 is 10.2 Å². The van der Waals surface area contributed by atoms with Crippen LogP contribution in [-0.2, 0) is 11.3 Å². The minimum Gasteiger partial charge on any atom is -0.352 e. The number of carbonyl (C=O) groups excluding carboxylic acids is 2. The average molecular weight is 326 g/mol. The van der Waals surface area contributed by atoms with Crippen molar-refractivity contribution in [1.82, 2.24) is 10.2 Å². The number of hydrogen-bond donors (Lipinski definition) is 1. The number of rotatable bonds is 5. The van der Waals surface area contributed by atoms with Gasteiger partial charge in [0.15, 0.2) is 0 Å². The van der Waals surface area contributed by atoms with Crippen LogP contribution in [0.2, 0.25) is 0 Å². The molecule has 0 bridgehead atoms. The normalized spacial score (nSPS) is 17.1. The Morgan fingerprint density at radius 3 is 2.58 bits per heavy atom. The van der Waals surface area contributed by atoms with Gasteiger partial charge in [0, 0.05) is 32.0 Å². The molecule has 2 aromatic carbocycles. The Hall–Kier alpha value is -2.69. The summed E-state index contributed by atoms with van der Waals surface area (Å²) < 4.78 is 13.6. The highest BCUT2D eigenvalue weighted by atomic mass is 19.1. The van der Waals surface area contributed by atoms with Crippen molar-refractivity contribution < 1.29 is 14.0 Å². The van der Waals surface area contributed by atoms with Gasteiger partial charge in [-0.15, -0.1) is 0 Å². The summed E-state index contributed by atoms with van der Waals surface area (Å²) in [4.78, 5) is 25.9. The molecule has 1 N–H and O–H groups in total. The van der Waals surface area contributed by atoms with Gasteiger partial charge in [-0.2, -0.15) is 0 Å². The van der Waals surface area contributed by atoms with Gasteiger partial charge in [-0.1, -0.05) is 42.5 Å². The zero-order valence-electron chi connectivity index (χ0n) is 13.2. The third-order valence-corrected chi connectivity index (χ3v) is 4.18. The quantitative estimate of drug-likeness (QED) is 0.918. The molecular weight excluding hydrogens is 307 g/mol. The van der Waals surface area contributed by atoms with E-state index in [-0.39, 0.29) is 17.4 Å². The number of hydrogen-bond acceptors (Lipinski definition) is 2. The number of likely N-dealkylation sites (tertiary alicyclic amines) is 1. The zero-order chi connectivity index (χ0) is 16.9. The lowest BCUT2D eigenvalue weighted by atomic mass is 10.1. The molecule has 0 spiro atoms. The van der Waals surface area contributed by atoms with Crippen LogP contribution in [0.1, 0.15) is 22.3 Å². The molecule has 124 valence electrons. The molecule has 1 saturated heterocycles. The van der Waals surface area contributed by atoms with Gasteiger partial charge in [0.25, 0.3) is 5.91 Å². The Morgan fingerprint density at radius 2 is 1.83 bits per heavy atom. The maximum atomic E-state index is 13.6. The van der Waals surface area contributed by atoms with Gasteiger partial charge in [-0.3, -0.25) is 9.59 Å². The monoisotopic (exact) mass is 326 g/mol. The molecule has 2 aromatic rings. The fourth-order valence-corrected chi connectivity index (χ4v) is 2.92. The lowest BCUT2D eigenvalue weighted by Gasteiger charge is -2.17. The number of amides is 2. The lowest BCUT2D eigenvalue weighted by molar-refractivity contribution is -0.128. The lowest BCUT2D eigenvalue weighted by Crippen LogP contribution is -2.31. The van der Waals surface area contributed by atoms with Gasteiger partial charge in [-0.05, 0) is 17.7 Å². The van der Waals surface area contributed by atoms with Crippen LogP contribution < -0.4 is 5.32 Å². The van der Waals surface area contributed by atoms with Gasteiger partial charge in [-0.25, -0.2) is 4.39 Å². The molecule has 1 unspecified atom stereocenters. The maximum absolute atomic E-state index is 13.6. The zero-order valence-corrected chi connectivity index (χ0v) is 13.2. The SMILES string of the molecule is O=C(NCC1CC(=O)N(Cc2ccccc2)C1)c1ccccc1F. The number of carbonyl (C=O) groups is 2. The number of halogens is 1. The summed E-state index contributed by atoms with van der Waals surface area (Å²) in [7, 11) is 0. The first kappa shape index (κ1) is 16.2. The summed E-state index contributed by atoms with van der Waals surface area (Å²) in [5.74, 6) is -0.841. The highest BCUT2D eigenvalue weighted by Gasteiger charge is 2.29. The minimum atomic E-state index is -0.539. The highest BCUT2D eigenvalue weighted by Crippen LogP contribution is 2.19. The standard InChI is InChI=1S/C19H19FN2O2/c20-17-9-5-4-8-16(17)19(24)21-11-15-10-18(23)22(13-15)12-14-6-2-1-3-7-14/h1-9,15H,10-13H2,(H,21,24). The molecule has 0 radical (unpaired) electrons. The van der Waals surface area contributed by atoms with Gasteiger partial charge in [0.05, 0.1) is 5.56 Å². The second-order valence-corrected chi connectivity index (χ2v) is 6.02. The number of nitrogens with one attached hydrogen (secondary N) is 1. The second-order valence-electron chi connectivity index (χ2n) is 6.02. The minimum absolute atomic E-state index is 0.0305. The molecule has 0 saturated carbocycles. The van der Waals surface area contributed by atoms with Crippen LogP contribution in [-0.4, -0.2) is 29.8 Å². The fourth-order valence-electron chi connectivity index (χ4n) is 2.92. The van der Waals surface area contributed by atoms with Crippen LogP contribution >= 0.6 is 0 Å². The van der Waals surface area contributed by atoms with E-state index in [9.17, 15) is 14.0 Å². The van der Waals surface area contributed by atoms with Crippen LogP contribution in [0.25, 0.3) is 0 Å². The van der Waals surface area contributed by atoms with E-state index in [1.54, 1.807) is 17.0 Å². The van der Waals surface area contributed by atoms with Crippen LogP contribution in [0, 0.1) is 11.7 Å². The molecule has 24 heavy (non-hydrogen) atoms. The van der Waals surface area contributed by atoms with E-state index in [4.69, 9.17) is 0 Å². The Labute approximate surface area is 140 Å². The van der Waals surface area contributed by atoms with Crippen LogP contribution in [0.3, 0.4) is 0 Å². The molecule has 1 atom stereocenters. The predicted octanol–water partition coefficient (Wildman–Crippen LogP) is 2.60. The Bertz CT molecular complexity index is 733. The summed E-state index contributed by atoms with van der Waals surface area (Å²) in [5, 5.41) is 2.73. The van der Waals surface area contributed by atoms with E-state index >= 15 is 0 Å². The smallest absolute Gasteiger partial charge is 0.254 e. The molecule has 2 amide bonds. The summed E-state index contributed by atoms with van der Waals surface area (Å²) in [6.07, 6.45) is 0.407. The number of nitrogens with zero attached hydrogens (tertiary/aromatic N) is 1. The maximum Gasteiger partial charge on any atom is 0.254 e. The molecule has 0 aliphatic carbocycles. The van der Waals surface area contributed by atoms with Crippen LogP contribution in [0.4, 0.5) is 4.39 Å². The third-order valence-electron chi connectivity index (χ3n) is 4.18. The summed E-state index contributed by atoms with van der Waals surface area (Å²) in [6.45, 7) is 1.55. The third kappa shape index (κ3) is 3.79. The topological polar surface area (TPSA) is 49.4 Å². The van der Waals surface area contributed by atoms with Crippen molar-refractivity contribution in [3.05, 3.63) is 71.5 Å². The summed E-state index contributed by atoms with van der Waals surface area (Å²) >= 11 is 0. The fraction of sp³-hybridized carbons (Fsp3) is 0.263.